The van der Waals surface area contributed by atoms with E-state index in [2.05, 4.69) is 167 Å². The Hall–Kier alpha value is -6.52. The smallest absolute Gasteiger partial charge is 0.235 e. The molecule has 0 N–H and O–H groups in total. The monoisotopic (exact) mass is 610 g/mol. The largest absolute Gasteiger partial charge is 0.309 e. The van der Waals surface area contributed by atoms with Crippen LogP contribution in [0.2, 0.25) is 0 Å². The van der Waals surface area contributed by atoms with E-state index in [1.165, 1.54) is 43.1 Å². The first-order valence-electron chi connectivity index (χ1n) is 16.4. The van der Waals surface area contributed by atoms with Crippen molar-refractivity contribution < 1.29 is 0 Å². The Morgan fingerprint density at radius 2 is 1.12 bits per heavy atom. The molecule has 0 fully saturated rings. The van der Waals surface area contributed by atoms with E-state index >= 15 is 0 Å². The highest BCUT2D eigenvalue weighted by Crippen LogP contribution is 2.50. The van der Waals surface area contributed by atoms with E-state index in [1.54, 1.807) is 0 Å². The molecule has 3 heterocycles. The summed E-state index contributed by atoms with van der Waals surface area (Å²) in [5, 5.41) is 10.9. The molecule has 1 aliphatic heterocycles. The van der Waals surface area contributed by atoms with Gasteiger partial charge in [-0.3, -0.25) is 4.57 Å². The molecule has 48 heavy (non-hydrogen) atoms. The predicted octanol–water partition coefficient (Wildman–Crippen LogP) is 11.6. The van der Waals surface area contributed by atoms with Gasteiger partial charge in [-0.15, -0.1) is 0 Å². The Labute approximate surface area is 275 Å². The van der Waals surface area contributed by atoms with Gasteiger partial charge in [0.05, 0.1) is 39.0 Å². The third-order valence-corrected chi connectivity index (χ3v) is 10.1. The SMILES string of the molecule is c1ccc(N2c3ccccc3-c3nc(-n4c5ccccc5c5c6ccc7ccccc7c6c6ccccc6c54)nc4cccc2c34)cc1. The van der Waals surface area contributed by atoms with Gasteiger partial charge in [0, 0.05) is 27.4 Å². The van der Waals surface area contributed by atoms with Gasteiger partial charge in [-0.05, 0) is 63.3 Å². The lowest BCUT2D eigenvalue weighted by Gasteiger charge is -2.32. The standard InChI is InChI=1S/C44H26N4/c1-2-14-28(15-3-1)47-37-23-11-9-20-33(37)42-41-35(21-12-24-38(41)47)45-44(46-42)48-36-22-10-8-19-32(36)40-34-26-25-27-13-4-5-16-29(27)39(34)30-17-6-7-18-31(30)43(40)48/h1-26H. The lowest BCUT2D eigenvalue weighted by atomic mass is 9.93. The third-order valence-electron chi connectivity index (χ3n) is 10.1. The average Bonchev–Trinajstić information content (AvgIpc) is 3.51. The zero-order valence-electron chi connectivity index (χ0n) is 25.8. The molecule has 0 saturated carbocycles. The number of fused-ring (bicyclic) bond motifs is 12. The molecular formula is C44H26N4. The summed E-state index contributed by atoms with van der Waals surface area (Å²) in [5.74, 6) is 0.675. The number of hydrogen-bond acceptors (Lipinski definition) is 3. The lowest BCUT2D eigenvalue weighted by Crippen LogP contribution is -2.16. The molecule has 0 saturated heterocycles. The Morgan fingerprint density at radius 3 is 2.02 bits per heavy atom. The summed E-state index contributed by atoms with van der Waals surface area (Å²) in [7, 11) is 0. The fraction of sp³-hybridized carbons (Fsp3) is 0. The molecule has 1 aliphatic rings. The summed E-state index contributed by atoms with van der Waals surface area (Å²) in [6, 6.07) is 56.4. The molecule has 0 spiro atoms. The number of rotatable bonds is 2. The Bertz CT molecular complexity index is 2960. The molecule has 2 aromatic heterocycles. The van der Waals surface area contributed by atoms with Crippen LogP contribution in [0.1, 0.15) is 0 Å². The second-order valence-corrected chi connectivity index (χ2v) is 12.6. The highest BCUT2D eigenvalue weighted by molar-refractivity contribution is 6.36. The fourth-order valence-electron chi connectivity index (χ4n) is 8.14. The second kappa shape index (κ2) is 9.50. The van der Waals surface area contributed by atoms with Crippen molar-refractivity contribution in [2.75, 3.05) is 4.90 Å². The van der Waals surface area contributed by atoms with Gasteiger partial charge in [0.25, 0.3) is 0 Å². The van der Waals surface area contributed by atoms with E-state index in [4.69, 9.17) is 9.97 Å². The normalized spacial score (nSPS) is 12.5. The van der Waals surface area contributed by atoms with E-state index in [0.29, 0.717) is 5.95 Å². The number of anilines is 3. The molecule has 8 aromatic carbocycles. The van der Waals surface area contributed by atoms with Gasteiger partial charge in [0.2, 0.25) is 5.95 Å². The Morgan fingerprint density at radius 1 is 0.417 bits per heavy atom. The summed E-state index contributed by atoms with van der Waals surface area (Å²) in [4.78, 5) is 13.2. The molecule has 0 amide bonds. The third kappa shape index (κ3) is 3.33. The van der Waals surface area contributed by atoms with Crippen molar-refractivity contribution in [3.05, 3.63) is 158 Å². The van der Waals surface area contributed by atoms with Crippen molar-refractivity contribution in [2.24, 2.45) is 0 Å². The van der Waals surface area contributed by atoms with Gasteiger partial charge in [-0.2, -0.15) is 0 Å². The van der Waals surface area contributed by atoms with Gasteiger partial charge >= 0.3 is 0 Å². The highest BCUT2D eigenvalue weighted by Gasteiger charge is 2.29. The maximum Gasteiger partial charge on any atom is 0.235 e. The molecule has 0 radical (unpaired) electrons. The maximum atomic E-state index is 5.51. The first-order chi connectivity index (χ1) is 23.8. The van der Waals surface area contributed by atoms with E-state index in [9.17, 15) is 0 Å². The minimum absolute atomic E-state index is 0.675. The molecule has 11 rings (SSSR count). The molecule has 10 aromatic rings. The second-order valence-electron chi connectivity index (χ2n) is 12.6. The minimum atomic E-state index is 0.675. The Balaban J connectivity index is 1.31. The van der Waals surface area contributed by atoms with Crippen molar-refractivity contribution in [3.63, 3.8) is 0 Å². The first kappa shape index (κ1) is 25.6. The number of benzene rings is 8. The minimum Gasteiger partial charge on any atom is -0.309 e. The van der Waals surface area contributed by atoms with Gasteiger partial charge in [0.15, 0.2) is 0 Å². The van der Waals surface area contributed by atoms with Crippen LogP contribution < -0.4 is 4.90 Å². The Kier molecular flexibility index (Phi) is 5.08. The van der Waals surface area contributed by atoms with Crippen molar-refractivity contribution in [3.8, 4) is 17.2 Å². The zero-order chi connectivity index (χ0) is 31.3. The van der Waals surface area contributed by atoms with E-state index in [0.717, 1.165) is 50.3 Å². The molecule has 0 aliphatic carbocycles. The van der Waals surface area contributed by atoms with Gasteiger partial charge < -0.3 is 4.90 Å². The van der Waals surface area contributed by atoms with Crippen molar-refractivity contribution >= 4 is 82.1 Å². The molecule has 0 unspecified atom stereocenters. The summed E-state index contributed by atoms with van der Waals surface area (Å²) >= 11 is 0. The van der Waals surface area contributed by atoms with E-state index in [-0.39, 0.29) is 0 Å². The van der Waals surface area contributed by atoms with Gasteiger partial charge in [0.1, 0.15) is 0 Å². The topological polar surface area (TPSA) is 34.0 Å². The van der Waals surface area contributed by atoms with Gasteiger partial charge in [-0.1, -0.05) is 121 Å². The van der Waals surface area contributed by atoms with Crippen molar-refractivity contribution in [1.29, 1.82) is 0 Å². The highest BCUT2D eigenvalue weighted by atomic mass is 15.2. The van der Waals surface area contributed by atoms with Crippen LogP contribution in [0.15, 0.2) is 158 Å². The number of aromatic nitrogens is 3. The molecular weight excluding hydrogens is 585 g/mol. The van der Waals surface area contributed by atoms with Crippen LogP contribution in [-0.2, 0) is 0 Å². The number of para-hydroxylation sites is 3. The van der Waals surface area contributed by atoms with Crippen LogP contribution in [0, 0.1) is 0 Å². The fourth-order valence-corrected chi connectivity index (χ4v) is 8.14. The first-order valence-corrected chi connectivity index (χ1v) is 16.4. The van der Waals surface area contributed by atoms with E-state index < -0.39 is 0 Å². The van der Waals surface area contributed by atoms with Gasteiger partial charge in [-0.25, -0.2) is 9.97 Å². The van der Waals surface area contributed by atoms with Crippen molar-refractivity contribution in [1.82, 2.24) is 14.5 Å². The molecule has 4 nitrogen and oxygen atoms in total. The zero-order valence-corrected chi connectivity index (χ0v) is 25.8. The number of hydrogen-bond donors (Lipinski definition) is 0. The summed E-state index contributed by atoms with van der Waals surface area (Å²) in [6.45, 7) is 0. The molecule has 4 heteroatoms. The summed E-state index contributed by atoms with van der Waals surface area (Å²) in [5.41, 5.74) is 8.50. The van der Waals surface area contributed by atoms with E-state index in [1.807, 2.05) is 0 Å². The number of nitrogens with zero attached hydrogens (tertiary/aromatic N) is 4. The lowest BCUT2D eigenvalue weighted by molar-refractivity contribution is 1.01. The van der Waals surface area contributed by atoms with Crippen LogP contribution in [0.5, 0.6) is 0 Å². The average molecular weight is 611 g/mol. The summed E-state index contributed by atoms with van der Waals surface area (Å²) in [6.07, 6.45) is 0. The van der Waals surface area contributed by atoms with Crippen LogP contribution in [0.4, 0.5) is 17.1 Å². The molecule has 0 bridgehead atoms. The molecule has 0 atom stereocenters. The summed E-state index contributed by atoms with van der Waals surface area (Å²) < 4.78 is 2.30. The quantitative estimate of drug-likeness (QED) is 0.183. The van der Waals surface area contributed by atoms with Crippen LogP contribution in [-0.4, -0.2) is 14.5 Å². The predicted molar refractivity (Wildman–Crippen MR) is 200 cm³/mol. The van der Waals surface area contributed by atoms with Crippen LogP contribution in [0.3, 0.4) is 0 Å². The molecule has 222 valence electrons. The van der Waals surface area contributed by atoms with Crippen LogP contribution >= 0.6 is 0 Å². The maximum absolute atomic E-state index is 5.51. The van der Waals surface area contributed by atoms with Crippen molar-refractivity contribution in [2.45, 2.75) is 0 Å². The van der Waals surface area contributed by atoms with Crippen LogP contribution in [0.25, 0.3) is 82.2 Å².